The van der Waals surface area contributed by atoms with Crippen molar-refractivity contribution in [3.8, 4) is 0 Å². The molecule has 0 fully saturated rings. The van der Waals surface area contributed by atoms with E-state index in [1.807, 2.05) is 24.3 Å². The Morgan fingerprint density at radius 3 is 2.67 bits per heavy atom. The second-order valence-electron chi connectivity index (χ2n) is 6.25. The van der Waals surface area contributed by atoms with E-state index in [4.69, 9.17) is 0 Å². The number of thiazole rings is 1. The second kappa shape index (κ2) is 7.67. The molecule has 1 amide bonds. The van der Waals surface area contributed by atoms with E-state index < -0.39 is 0 Å². The van der Waals surface area contributed by atoms with E-state index >= 15 is 0 Å². The first-order chi connectivity index (χ1) is 13.2. The molecule has 0 atom stereocenters. The van der Waals surface area contributed by atoms with E-state index in [0.29, 0.717) is 17.3 Å². The highest BCUT2D eigenvalue weighted by Crippen LogP contribution is 2.22. The SMILES string of the molecule is O=C(CCCCc1nc2ccccc2s1)Nn1cnc2ccccc2c1=O. The smallest absolute Gasteiger partial charge is 0.273 e. The number of hydrogen-bond acceptors (Lipinski definition) is 5. The van der Waals surface area contributed by atoms with Gasteiger partial charge in [0.25, 0.3) is 5.56 Å². The minimum absolute atomic E-state index is 0.196. The number of unbranched alkanes of at least 4 members (excludes halogenated alkanes) is 1. The summed E-state index contributed by atoms with van der Waals surface area (Å²) in [6.45, 7) is 0. The lowest BCUT2D eigenvalue weighted by atomic mass is 10.2. The molecule has 2 heterocycles. The van der Waals surface area contributed by atoms with Crippen LogP contribution in [0.1, 0.15) is 24.3 Å². The minimum atomic E-state index is -0.275. The monoisotopic (exact) mass is 378 g/mol. The van der Waals surface area contributed by atoms with Crippen molar-refractivity contribution in [2.75, 3.05) is 5.43 Å². The van der Waals surface area contributed by atoms with Crippen LogP contribution in [-0.4, -0.2) is 20.6 Å². The molecule has 0 unspecified atom stereocenters. The van der Waals surface area contributed by atoms with Crippen LogP contribution in [0.5, 0.6) is 0 Å². The number of fused-ring (bicyclic) bond motifs is 2. The normalized spacial score (nSPS) is 11.1. The van der Waals surface area contributed by atoms with Crippen molar-refractivity contribution in [1.29, 1.82) is 0 Å². The third-order valence-corrected chi connectivity index (χ3v) is 5.39. The van der Waals surface area contributed by atoms with Crippen molar-refractivity contribution < 1.29 is 4.79 Å². The summed E-state index contributed by atoms with van der Waals surface area (Å²) in [4.78, 5) is 33.3. The Kier molecular flexibility index (Phi) is 4.93. The van der Waals surface area contributed by atoms with Gasteiger partial charge >= 0.3 is 0 Å². The summed E-state index contributed by atoms with van der Waals surface area (Å²) in [6, 6.07) is 15.1. The van der Waals surface area contributed by atoms with E-state index in [1.54, 1.807) is 29.5 Å². The highest BCUT2D eigenvalue weighted by atomic mass is 32.1. The van der Waals surface area contributed by atoms with Crippen molar-refractivity contribution in [2.24, 2.45) is 0 Å². The van der Waals surface area contributed by atoms with Crippen LogP contribution in [0.25, 0.3) is 21.1 Å². The molecule has 0 radical (unpaired) electrons. The quantitative estimate of drug-likeness (QED) is 0.521. The number of rotatable bonds is 6. The summed E-state index contributed by atoms with van der Waals surface area (Å²) in [5, 5.41) is 1.57. The molecule has 0 bridgehead atoms. The Morgan fingerprint density at radius 2 is 1.81 bits per heavy atom. The maximum Gasteiger partial charge on any atom is 0.280 e. The number of carbonyl (C=O) groups excluding carboxylic acids is 1. The number of nitrogens with one attached hydrogen (secondary N) is 1. The van der Waals surface area contributed by atoms with Crippen LogP contribution in [0.15, 0.2) is 59.7 Å². The zero-order valence-corrected chi connectivity index (χ0v) is 15.4. The highest BCUT2D eigenvalue weighted by molar-refractivity contribution is 7.18. The standard InChI is InChI=1S/C20H18N4O2S/c25-18(23-24-13-21-15-8-2-1-7-14(15)20(24)26)11-5-6-12-19-22-16-9-3-4-10-17(16)27-19/h1-4,7-10,13H,5-6,11-12H2,(H,23,25). The Morgan fingerprint density at radius 1 is 1.04 bits per heavy atom. The average Bonchev–Trinajstić information content (AvgIpc) is 3.10. The summed E-state index contributed by atoms with van der Waals surface area (Å²) >= 11 is 1.70. The van der Waals surface area contributed by atoms with Gasteiger partial charge in [0.05, 0.1) is 26.1 Å². The number of carbonyl (C=O) groups is 1. The van der Waals surface area contributed by atoms with Crippen molar-refractivity contribution in [3.05, 3.63) is 70.2 Å². The van der Waals surface area contributed by atoms with Crippen LogP contribution in [0.2, 0.25) is 0 Å². The highest BCUT2D eigenvalue weighted by Gasteiger charge is 2.08. The molecule has 0 saturated heterocycles. The number of nitrogens with zero attached hydrogens (tertiary/aromatic N) is 3. The fraction of sp³-hybridized carbons (Fsp3) is 0.200. The lowest BCUT2D eigenvalue weighted by molar-refractivity contribution is -0.117. The van der Waals surface area contributed by atoms with E-state index in [-0.39, 0.29) is 11.5 Å². The first-order valence-corrected chi connectivity index (χ1v) is 9.63. The van der Waals surface area contributed by atoms with Crippen LogP contribution in [0.4, 0.5) is 0 Å². The van der Waals surface area contributed by atoms with E-state index in [9.17, 15) is 9.59 Å². The number of benzene rings is 2. The van der Waals surface area contributed by atoms with Gasteiger partial charge < -0.3 is 0 Å². The van der Waals surface area contributed by atoms with Gasteiger partial charge in [-0.3, -0.25) is 15.0 Å². The summed E-state index contributed by atoms with van der Waals surface area (Å²) in [7, 11) is 0. The van der Waals surface area contributed by atoms with Crippen molar-refractivity contribution in [3.63, 3.8) is 0 Å². The number of hydrogen-bond donors (Lipinski definition) is 1. The molecular formula is C20H18N4O2S. The zero-order chi connectivity index (χ0) is 18.6. The molecule has 0 aliphatic rings. The third-order valence-electron chi connectivity index (χ3n) is 4.29. The Hall–Kier alpha value is -3.06. The third kappa shape index (κ3) is 3.88. The van der Waals surface area contributed by atoms with E-state index in [1.165, 1.54) is 11.0 Å². The molecule has 0 aliphatic carbocycles. The van der Waals surface area contributed by atoms with E-state index in [2.05, 4.69) is 21.5 Å². The zero-order valence-electron chi connectivity index (χ0n) is 14.6. The molecule has 0 spiro atoms. The number of para-hydroxylation sites is 2. The van der Waals surface area contributed by atoms with Gasteiger partial charge in [0.2, 0.25) is 5.91 Å². The number of amides is 1. The summed E-state index contributed by atoms with van der Waals surface area (Å²) < 4.78 is 2.34. The largest absolute Gasteiger partial charge is 0.280 e. The maximum absolute atomic E-state index is 12.4. The molecule has 6 nitrogen and oxygen atoms in total. The molecule has 2 aromatic heterocycles. The molecule has 27 heavy (non-hydrogen) atoms. The second-order valence-corrected chi connectivity index (χ2v) is 7.37. The summed E-state index contributed by atoms with van der Waals surface area (Å²) in [5.74, 6) is -0.196. The van der Waals surface area contributed by atoms with Gasteiger partial charge in [0.15, 0.2) is 0 Å². The van der Waals surface area contributed by atoms with E-state index in [0.717, 1.165) is 34.5 Å². The number of aromatic nitrogens is 3. The van der Waals surface area contributed by atoms with Crippen molar-refractivity contribution >= 4 is 38.4 Å². The predicted octanol–water partition coefficient (Wildman–Crippen LogP) is 3.49. The van der Waals surface area contributed by atoms with Gasteiger partial charge in [-0.25, -0.2) is 14.6 Å². The lowest BCUT2D eigenvalue weighted by Gasteiger charge is -2.08. The summed E-state index contributed by atoms with van der Waals surface area (Å²) in [6.07, 6.45) is 4.16. The molecule has 2 aromatic carbocycles. The average molecular weight is 378 g/mol. The molecule has 0 saturated carbocycles. The van der Waals surface area contributed by atoms with Gasteiger partial charge in [0.1, 0.15) is 6.33 Å². The summed E-state index contributed by atoms with van der Waals surface area (Å²) in [5.41, 5.74) is 3.98. The van der Waals surface area contributed by atoms with Crippen LogP contribution in [0.3, 0.4) is 0 Å². The van der Waals surface area contributed by atoms with Gasteiger partial charge in [0, 0.05) is 6.42 Å². The Balaban J connectivity index is 1.31. The van der Waals surface area contributed by atoms with Gasteiger partial charge in [-0.1, -0.05) is 24.3 Å². The van der Waals surface area contributed by atoms with Gasteiger partial charge in [-0.05, 0) is 43.5 Å². The van der Waals surface area contributed by atoms with Gasteiger partial charge in [-0.2, -0.15) is 0 Å². The topological polar surface area (TPSA) is 76.9 Å². The molecular weight excluding hydrogens is 360 g/mol. The molecule has 4 aromatic rings. The van der Waals surface area contributed by atoms with Crippen LogP contribution >= 0.6 is 11.3 Å². The molecule has 136 valence electrons. The van der Waals surface area contributed by atoms with Crippen LogP contribution in [0, 0.1) is 0 Å². The van der Waals surface area contributed by atoms with Crippen LogP contribution in [-0.2, 0) is 11.2 Å². The fourth-order valence-electron chi connectivity index (χ4n) is 2.93. The predicted molar refractivity (Wildman–Crippen MR) is 108 cm³/mol. The minimum Gasteiger partial charge on any atom is -0.273 e. The number of aryl methyl sites for hydroxylation is 1. The first-order valence-electron chi connectivity index (χ1n) is 8.81. The Labute approximate surface area is 159 Å². The fourth-order valence-corrected chi connectivity index (χ4v) is 3.94. The first kappa shape index (κ1) is 17.4. The maximum atomic E-state index is 12.4. The lowest BCUT2D eigenvalue weighted by Crippen LogP contribution is -2.33. The molecule has 4 rings (SSSR count). The molecule has 1 N–H and O–H groups in total. The van der Waals surface area contributed by atoms with Crippen LogP contribution < -0.4 is 11.0 Å². The van der Waals surface area contributed by atoms with Crippen molar-refractivity contribution in [2.45, 2.75) is 25.7 Å². The Bertz CT molecular complexity index is 1130. The molecule has 7 heteroatoms. The molecule has 0 aliphatic heterocycles. The van der Waals surface area contributed by atoms with Crippen molar-refractivity contribution in [1.82, 2.24) is 14.6 Å². The van der Waals surface area contributed by atoms with Gasteiger partial charge in [-0.15, -0.1) is 11.3 Å².